The number of rotatable bonds is 3. The Morgan fingerprint density at radius 3 is 3.04 bits per heavy atom. The topological polar surface area (TPSA) is 58.2 Å². The molecule has 1 aromatic carbocycles. The number of likely N-dealkylation sites (tertiary alicyclic amines) is 1. The van der Waals surface area contributed by atoms with Crippen molar-refractivity contribution in [1.29, 1.82) is 0 Å². The molecule has 1 fully saturated rings. The molecule has 25 heavy (non-hydrogen) atoms. The highest BCUT2D eigenvalue weighted by Gasteiger charge is 2.31. The van der Waals surface area contributed by atoms with Gasteiger partial charge in [-0.05, 0) is 48.7 Å². The van der Waals surface area contributed by atoms with Gasteiger partial charge in [-0.2, -0.15) is 0 Å². The number of carbonyl (C=O) groups is 1. The molecule has 3 aromatic rings. The minimum Gasteiger partial charge on any atom is -0.497 e. The molecule has 1 amide bonds. The molecular formula is C19H18ClN3O2. The average molecular weight is 356 g/mol. The molecule has 4 rings (SSSR count). The van der Waals surface area contributed by atoms with E-state index >= 15 is 0 Å². The molecule has 0 bridgehead atoms. The number of pyridine rings is 1. The third-order valence-electron chi connectivity index (χ3n) is 4.67. The lowest BCUT2D eigenvalue weighted by atomic mass is 10.0. The van der Waals surface area contributed by atoms with E-state index in [1.807, 2.05) is 41.3 Å². The number of nitrogens with one attached hydrogen (secondary N) is 1. The largest absolute Gasteiger partial charge is 0.497 e. The molecule has 2 aromatic heterocycles. The van der Waals surface area contributed by atoms with Gasteiger partial charge in [0.25, 0.3) is 5.91 Å². The second kappa shape index (κ2) is 6.41. The van der Waals surface area contributed by atoms with Crippen molar-refractivity contribution in [1.82, 2.24) is 14.9 Å². The van der Waals surface area contributed by atoms with Crippen LogP contribution < -0.4 is 4.74 Å². The van der Waals surface area contributed by atoms with Gasteiger partial charge in [-0.3, -0.25) is 4.79 Å². The van der Waals surface area contributed by atoms with Crippen LogP contribution in [-0.2, 0) is 0 Å². The maximum atomic E-state index is 13.0. The van der Waals surface area contributed by atoms with Crippen molar-refractivity contribution in [3.63, 3.8) is 0 Å². The zero-order chi connectivity index (χ0) is 17.4. The highest BCUT2D eigenvalue weighted by atomic mass is 35.5. The van der Waals surface area contributed by atoms with E-state index < -0.39 is 0 Å². The molecule has 0 saturated carbocycles. The molecule has 0 unspecified atom stereocenters. The minimum absolute atomic E-state index is 0.0144. The van der Waals surface area contributed by atoms with Crippen molar-refractivity contribution in [2.75, 3.05) is 13.7 Å². The van der Waals surface area contributed by atoms with E-state index in [4.69, 9.17) is 16.3 Å². The van der Waals surface area contributed by atoms with Crippen LogP contribution in [0.3, 0.4) is 0 Å². The number of benzene rings is 1. The minimum atomic E-state index is -0.0144. The Labute approximate surface area is 150 Å². The second-order valence-corrected chi connectivity index (χ2v) is 6.58. The quantitative estimate of drug-likeness (QED) is 0.716. The summed E-state index contributed by atoms with van der Waals surface area (Å²) in [6.07, 6.45) is 1.93. The van der Waals surface area contributed by atoms with Crippen LogP contribution >= 0.6 is 11.6 Å². The number of aromatic nitrogens is 2. The van der Waals surface area contributed by atoms with Crippen LogP contribution in [0.5, 0.6) is 5.75 Å². The first-order valence-corrected chi connectivity index (χ1v) is 8.64. The molecule has 1 N–H and O–H groups in total. The number of ether oxygens (including phenoxy) is 1. The number of hydrogen-bond acceptors (Lipinski definition) is 3. The van der Waals surface area contributed by atoms with Crippen LogP contribution in [0.25, 0.3) is 11.0 Å². The molecule has 0 radical (unpaired) electrons. The van der Waals surface area contributed by atoms with Crippen molar-refractivity contribution in [3.05, 3.63) is 58.9 Å². The average Bonchev–Trinajstić information content (AvgIpc) is 3.27. The van der Waals surface area contributed by atoms with E-state index in [0.717, 1.165) is 36.1 Å². The number of carbonyl (C=O) groups excluding carboxylic acids is 1. The molecule has 1 aliphatic heterocycles. The number of aromatic amines is 1. The summed E-state index contributed by atoms with van der Waals surface area (Å²) >= 11 is 5.93. The second-order valence-electron chi connectivity index (χ2n) is 6.19. The molecule has 1 atom stereocenters. The first-order chi connectivity index (χ1) is 12.2. The summed E-state index contributed by atoms with van der Waals surface area (Å²) < 4.78 is 5.32. The molecular weight excluding hydrogens is 338 g/mol. The van der Waals surface area contributed by atoms with Gasteiger partial charge in [0.2, 0.25) is 0 Å². The molecule has 6 heteroatoms. The van der Waals surface area contributed by atoms with Crippen molar-refractivity contribution >= 4 is 28.5 Å². The first kappa shape index (κ1) is 16.0. The molecule has 5 nitrogen and oxygen atoms in total. The van der Waals surface area contributed by atoms with Gasteiger partial charge in [0.05, 0.1) is 13.2 Å². The van der Waals surface area contributed by atoms with Crippen LogP contribution in [0.15, 0.2) is 42.5 Å². The number of H-pyrrole nitrogens is 1. The standard InChI is InChI=1S/C19H18ClN3O2/c1-25-14-5-2-4-12(10-14)16-6-3-9-23(16)19(24)15-11-13-7-8-17(20)22-18(13)21-15/h2,4-5,7-8,10-11,16H,3,6,9H2,1H3,(H,21,22)/t16-/m0/s1. The molecule has 3 heterocycles. The lowest BCUT2D eigenvalue weighted by Gasteiger charge is -2.25. The third kappa shape index (κ3) is 2.96. The smallest absolute Gasteiger partial charge is 0.270 e. The van der Waals surface area contributed by atoms with Gasteiger partial charge in [0, 0.05) is 11.9 Å². The Balaban J connectivity index is 1.65. The van der Waals surface area contributed by atoms with E-state index in [-0.39, 0.29) is 11.9 Å². The number of methoxy groups -OCH3 is 1. The van der Waals surface area contributed by atoms with Crippen LogP contribution in [0.4, 0.5) is 0 Å². The maximum absolute atomic E-state index is 13.0. The van der Waals surface area contributed by atoms with E-state index in [9.17, 15) is 4.79 Å². The number of hydrogen-bond donors (Lipinski definition) is 1. The Morgan fingerprint density at radius 2 is 2.20 bits per heavy atom. The fraction of sp³-hybridized carbons (Fsp3) is 0.263. The number of fused-ring (bicyclic) bond motifs is 1. The van der Waals surface area contributed by atoms with Crippen molar-refractivity contribution < 1.29 is 9.53 Å². The third-order valence-corrected chi connectivity index (χ3v) is 4.88. The van der Waals surface area contributed by atoms with E-state index in [2.05, 4.69) is 9.97 Å². The van der Waals surface area contributed by atoms with Gasteiger partial charge in [-0.15, -0.1) is 0 Å². The number of nitrogens with zero attached hydrogens (tertiary/aromatic N) is 2. The zero-order valence-corrected chi connectivity index (χ0v) is 14.6. The lowest BCUT2D eigenvalue weighted by molar-refractivity contribution is 0.0730. The fourth-order valence-electron chi connectivity index (χ4n) is 3.46. The predicted molar refractivity (Wildman–Crippen MR) is 97.1 cm³/mol. The summed E-state index contributed by atoms with van der Waals surface area (Å²) in [6.45, 7) is 0.740. The molecule has 1 aliphatic rings. The Bertz CT molecular complexity index is 937. The monoisotopic (exact) mass is 355 g/mol. The number of halogens is 1. The first-order valence-electron chi connectivity index (χ1n) is 8.26. The maximum Gasteiger partial charge on any atom is 0.270 e. The van der Waals surface area contributed by atoms with Gasteiger partial charge in [0.1, 0.15) is 22.2 Å². The van der Waals surface area contributed by atoms with Crippen LogP contribution in [0.1, 0.15) is 34.9 Å². The summed E-state index contributed by atoms with van der Waals surface area (Å²) in [4.78, 5) is 22.3. The highest BCUT2D eigenvalue weighted by Crippen LogP contribution is 2.34. The Hall–Kier alpha value is -2.53. The highest BCUT2D eigenvalue weighted by molar-refractivity contribution is 6.29. The van der Waals surface area contributed by atoms with Gasteiger partial charge in [-0.1, -0.05) is 23.7 Å². The summed E-state index contributed by atoms with van der Waals surface area (Å²) in [7, 11) is 1.65. The molecule has 128 valence electrons. The number of amides is 1. The van der Waals surface area contributed by atoms with Gasteiger partial charge >= 0.3 is 0 Å². The van der Waals surface area contributed by atoms with Gasteiger partial charge in [-0.25, -0.2) is 4.98 Å². The summed E-state index contributed by atoms with van der Waals surface area (Å²) in [5, 5.41) is 1.29. The van der Waals surface area contributed by atoms with Gasteiger partial charge in [0.15, 0.2) is 0 Å². The predicted octanol–water partition coefficient (Wildman–Crippen LogP) is 4.20. The summed E-state index contributed by atoms with van der Waals surface area (Å²) in [5.41, 5.74) is 2.27. The van der Waals surface area contributed by atoms with Crippen LogP contribution in [0.2, 0.25) is 5.15 Å². The zero-order valence-electron chi connectivity index (χ0n) is 13.8. The fourth-order valence-corrected chi connectivity index (χ4v) is 3.60. The SMILES string of the molecule is COc1cccc([C@@H]2CCCN2C(=O)c2cc3ccc(Cl)nc3[nH]2)c1. The normalized spacial score (nSPS) is 17.2. The van der Waals surface area contributed by atoms with Crippen molar-refractivity contribution in [3.8, 4) is 5.75 Å². The van der Waals surface area contributed by atoms with E-state index in [0.29, 0.717) is 16.5 Å². The lowest BCUT2D eigenvalue weighted by Crippen LogP contribution is -2.30. The summed E-state index contributed by atoms with van der Waals surface area (Å²) in [5.74, 6) is 0.792. The van der Waals surface area contributed by atoms with Crippen molar-refractivity contribution in [2.24, 2.45) is 0 Å². The van der Waals surface area contributed by atoms with E-state index in [1.165, 1.54) is 0 Å². The van der Waals surface area contributed by atoms with Crippen molar-refractivity contribution in [2.45, 2.75) is 18.9 Å². The molecule has 0 aliphatic carbocycles. The van der Waals surface area contributed by atoms with Crippen LogP contribution in [0, 0.1) is 0 Å². The summed E-state index contributed by atoms with van der Waals surface area (Å²) in [6, 6.07) is 13.4. The van der Waals surface area contributed by atoms with Crippen LogP contribution in [-0.4, -0.2) is 34.4 Å². The molecule has 0 spiro atoms. The van der Waals surface area contributed by atoms with E-state index in [1.54, 1.807) is 13.2 Å². The molecule has 1 saturated heterocycles. The Kier molecular flexibility index (Phi) is 4.09. The van der Waals surface area contributed by atoms with Gasteiger partial charge < -0.3 is 14.6 Å². The Morgan fingerprint density at radius 1 is 1.32 bits per heavy atom.